The fraction of sp³-hybridized carbons (Fsp3) is 0.310. The van der Waals surface area contributed by atoms with Crippen molar-refractivity contribution in [3.8, 4) is 0 Å². The van der Waals surface area contributed by atoms with Gasteiger partial charge in [0.1, 0.15) is 23.2 Å². The molecule has 0 radical (unpaired) electrons. The minimum absolute atomic E-state index is 1.16. The van der Waals surface area contributed by atoms with Gasteiger partial charge in [-0.25, -0.2) is 0 Å². The minimum atomic E-state index is -1.63. The summed E-state index contributed by atoms with van der Waals surface area (Å²) in [7, 11) is -1.63. The lowest BCUT2D eigenvalue weighted by molar-refractivity contribution is 0.593. The lowest BCUT2D eigenvalue weighted by Gasteiger charge is -2.27. The SMILES string of the molecule is C=CCCCCCCCCC[P+](c1ccccc1)(c1ccccc1)c1ccccc1. The van der Waals surface area contributed by atoms with E-state index in [4.69, 9.17) is 0 Å². The highest BCUT2D eigenvalue weighted by atomic mass is 31.2. The molecule has 0 aromatic heterocycles. The van der Waals surface area contributed by atoms with E-state index < -0.39 is 7.26 Å². The molecule has 0 nitrogen and oxygen atoms in total. The smallest absolute Gasteiger partial charge is 0.103 e. The van der Waals surface area contributed by atoms with Crippen molar-refractivity contribution in [3.05, 3.63) is 104 Å². The molecule has 0 aliphatic carbocycles. The molecule has 0 saturated carbocycles. The highest BCUT2D eigenvalue weighted by Gasteiger charge is 2.44. The third-order valence-electron chi connectivity index (χ3n) is 5.99. The first-order valence-electron chi connectivity index (χ1n) is 11.5. The summed E-state index contributed by atoms with van der Waals surface area (Å²) in [5.74, 6) is 0. The van der Waals surface area contributed by atoms with Crippen molar-refractivity contribution < 1.29 is 0 Å². The van der Waals surface area contributed by atoms with Gasteiger partial charge in [-0.2, -0.15) is 0 Å². The summed E-state index contributed by atoms with van der Waals surface area (Å²) in [5.41, 5.74) is 0. The fourth-order valence-corrected chi connectivity index (χ4v) is 8.81. The van der Waals surface area contributed by atoms with Crippen molar-refractivity contribution in [2.75, 3.05) is 6.16 Å². The number of allylic oxidation sites excluding steroid dienone is 1. The van der Waals surface area contributed by atoms with Crippen molar-refractivity contribution in [3.63, 3.8) is 0 Å². The standard InChI is InChI=1S/C29H36P/c1-2-3-4-5-6-7-8-9-19-26-30(27-20-13-10-14-21-27,28-22-15-11-16-23-28)29-24-17-12-18-25-29/h2,10-18,20-25H,1,3-9,19,26H2/q+1. The lowest BCUT2D eigenvalue weighted by atomic mass is 10.1. The summed E-state index contributed by atoms with van der Waals surface area (Å²) in [5, 5.41) is 4.52. The summed E-state index contributed by atoms with van der Waals surface area (Å²) in [6.07, 6.45) is 13.8. The normalized spacial score (nSPS) is 11.3. The van der Waals surface area contributed by atoms with E-state index in [2.05, 4.69) is 97.6 Å². The highest BCUT2D eigenvalue weighted by Crippen LogP contribution is 2.55. The van der Waals surface area contributed by atoms with Gasteiger partial charge in [0.25, 0.3) is 0 Å². The summed E-state index contributed by atoms with van der Waals surface area (Å²) >= 11 is 0. The van der Waals surface area contributed by atoms with Crippen molar-refractivity contribution in [1.82, 2.24) is 0 Å². The Balaban J connectivity index is 1.77. The van der Waals surface area contributed by atoms with E-state index in [-0.39, 0.29) is 0 Å². The maximum atomic E-state index is 3.82. The lowest BCUT2D eigenvalue weighted by Crippen LogP contribution is -2.33. The van der Waals surface area contributed by atoms with E-state index in [9.17, 15) is 0 Å². The molecule has 3 aromatic carbocycles. The van der Waals surface area contributed by atoms with Crippen LogP contribution in [0, 0.1) is 0 Å². The zero-order valence-electron chi connectivity index (χ0n) is 18.3. The molecule has 3 rings (SSSR count). The van der Waals surface area contributed by atoms with Gasteiger partial charge >= 0.3 is 0 Å². The molecule has 0 bridgehead atoms. The van der Waals surface area contributed by atoms with E-state index >= 15 is 0 Å². The molecule has 0 aliphatic heterocycles. The second-order valence-electron chi connectivity index (χ2n) is 8.09. The monoisotopic (exact) mass is 415 g/mol. The van der Waals surface area contributed by atoms with E-state index in [1.165, 1.54) is 67.0 Å². The van der Waals surface area contributed by atoms with Crippen LogP contribution in [0.4, 0.5) is 0 Å². The largest absolute Gasteiger partial charge is 0.112 e. The molecule has 0 saturated heterocycles. The molecular weight excluding hydrogens is 379 g/mol. The third kappa shape index (κ3) is 5.93. The fourth-order valence-electron chi connectivity index (χ4n) is 4.40. The molecule has 0 spiro atoms. The van der Waals surface area contributed by atoms with Crippen LogP contribution in [0.5, 0.6) is 0 Å². The van der Waals surface area contributed by atoms with Gasteiger partial charge in [0, 0.05) is 0 Å². The van der Waals surface area contributed by atoms with E-state index in [0.717, 1.165) is 6.42 Å². The third-order valence-corrected chi connectivity index (χ3v) is 10.5. The van der Waals surface area contributed by atoms with Crippen molar-refractivity contribution in [2.24, 2.45) is 0 Å². The molecule has 30 heavy (non-hydrogen) atoms. The van der Waals surface area contributed by atoms with Gasteiger partial charge < -0.3 is 0 Å². The van der Waals surface area contributed by atoms with Gasteiger partial charge in [-0.1, -0.05) is 86.4 Å². The Morgan fingerprint density at radius 1 is 0.500 bits per heavy atom. The molecule has 0 heterocycles. The van der Waals surface area contributed by atoms with Gasteiger partial charge in [-0.15, -0.1) is 6.58 Å². The van der Waals surface area contributed by atoms with Crippen LogP contribution in [0.1, 0.15) is 51.4 Å². The summed E-state index contributed by atoms with van der Waals surface area (Å²) < 4.78 is 0. The Hall–Kier alpha value is -2.17. The summed E-state index contributed by atoms with van der Waals surface area (Å²) in [4.78, 5) is 0. The Labute approximate surface area is 184 Å². The maximum absolute atomic E-state index is 3.82. The first kappa shape index (κ1) is 22.5. The number of hydrogen-bond donors (Lipinski definition) is 0. The summed E-state index contributed by atoms with van der Waals surface area (Å²) in [6.45, 7) is 3.82. The zero-order chi connectivity index (χ0) is 20.9. The van der Waals surface area contributed by atoms with Gasteiger partial charge in [0.2, 0.25) is 0 Å². The van der Waals surface area contributed by atoms with E-state index in [0.29, 0.717) is 0 Å². The van der Waals surface area contributed by atoms with Gasteiger partial charge in [0.05, 0.1) is 6.16 Å². The Kier molecular flexibility index (Phi) is 9.39. The predicted molar refractivity (Wildman–Crippen MR) is 137 cm³/mol. The molecule has 1 heteroatoms. The maximum Gasteiger partial charge on any atom is 0.112 e. The van der Waals surface area contributed by atoms with Crippen molar-refractivity contribution >= 4 is 23.2 Å². The average Bonchev–Trinajstić information content (AvgIpc) is 2.82. The molecule has 156 valence electrons. The Bertz CT molecular complexity index is 743. The van der Waals surface area contributed by atoms with Crippen LogP contribution in [0.3, 0.4) is 0 Å². The van der Waals surface area contributed by atoms with Gasteiger partial charge in [-0.05, 0) is 62.1 Å². The van der Waals surface area contributed by atoms with E-state index in [1.807, 2.05) is 6.08 Å². The second-order valence-corrected chi connectivity index (χ2v) is 11.7. The number of rotatable bonds is 13. The molecule has 0 atom stereocenters. The number of hydrogen-bond acceptors (Lipinski definition) is 0. The van der Waals surface area contributed by atoms with Crippen LogP contribution >= 0.6 is 7.26 Å². The second kappa shape index (κ2) is 12.5. The van der Waals surface area contributed by atoms with Crippen molar-refractivity contribution in [1.29, 1.82) is 0 Å². The highest BCUT2D eigenvalue weighted by molar-refractivity contribution is 7.95. The van der Waals surface area contributed by atoms with Crippen LogP contribution in [-0.4, -0.2) is 6.16 Å². The van der Waals surface area contributed by atoms with Crippen molar-refractivity contribution in [2.45, 2.75) is 51.4 Å². The minimum Gasteiger partial charge on any atom is -0.103 e. The zero-order valence-corrected chi connectivity index (χ0v) is 19.2. The molecule has 0 unspecified atom stereocenters. The molecule has 0 amide bonds. The molecule has 0 N–H and O–H groups in total. The molecule has 3 aromatic rings. The van der Waals surface area contributed by atoms with Crippen LogP contribution in [-0.2, 0) is 0 Å². The topological polar surface area (TPSA) is 0 Å². The molecule has 0 aliphatic rings. The quantitative estimate of drug-likeness (QED) is 0.156. The number of unbranched alkanes of at least 4 members (excludes halogenated alkanes) is 7. The van der Waals surface area contributed by atoms with E-state index in [1.54, 1.807) is 0 Å². The Morgan fingerprint density at radius 2 is 0.867 bits per heavy atom. The summed E-state index contributed by atoms with van der Waals surface area (Å²) in [6, 6.07) is 33.8. The molecular formula is C29H36P+. The first-order valence-corrected chi connectivity index (χ1v) is 13.5. The molecule has 0 fully saturated rings. The van der Waals surface area contributed by atoms with Gasteiger partial charge in [0.15, 0.2) is 0 Å². The Morgan fingerprint density at radius 3 is 1.27 bits per heavy atom. The number of benzene rings is 3. The first-order chi connectivity index (χ1) is 14.9. The van der Waals surface area contributed by atoms with Crippen LogP contribution in [0.25, 0.3) is 0 Å². The van der Waals surface area contributed by atoms with Crippen LogP contribution < -0.4 is 15.9 Å². The average molecular weight is 416 g/mol. The van der Waals surface area contributed by atoms with Crippen LogP contribution in [0.2, 0.25) is 0 Å². The van der Waals surface area contributed by atoms with Gasteiger partial charge in [-0.3, -0.25) is 0 Å². The predicted octanol–water partition coefficient (Wildman–Crippen LogP) is 7.29. The van der Waals surface area contributed by atoms with Crippen LogP contribution in [0.15, 0.2) is 104 Å².